The summed E-state index contributed by atoms with van der Waals surface area (Å²) in [7, 11) is 0. The number of hydrogen-bond acceptors (Lipinski definition) is 3. The number of carbonyl (C=O) groups is 2. The van der Waals surface area contributed by atoms with Gasteiger partial charge in [-0.2, -0.15) is 0 Å². The molecule has 0 aliphatic heterocycles. The molecule has 0 aliphatic rings. The van der Waals surface area contributed by atoms with Gasteiger partial charge in [0.15, 0.2) is 0 Å². The molecule has 0 N–H and O–H groups in total. The lowest BCUT2D eigenvalue weighted by Gasteiger charge is -2.01. The van der Waals surface area contributed by atoms with Crippen LogP contribution in [0.15, 0.2) is 12.2 Å². The van der Waals surface area contributed by atoms with Gasteiger partial charge in [0.1, 0.15) is 6.29 Å². The van der Waals surface area contributed by atoms with E-state index in [9.17, 15) is 9.59 Å². The molecule has 0 radical (unpaired) electrons. The molecule has 0 unspecified atom stereocenters. The van der Waals surface area contributed by atoms with E-state index in [1.54, 1.807) is 6.92 Å². The van der Waals surface area contributed by atoms with E-state index in [2.05, 4.69) is 6.58 Å². The Morgan fingerprint density at radius 2 is 2.17 bits per heavy atom. The van der Waals surface area contributed by atoms with E-state index >= 15 is 0 Å². The first-order valence-electron chi connectivity index (χ1n) is 3.94. The van der Waals surface area contributed by atoms with Crippen molar-refractivity contribution in [3.63, 3.8) is 0 Å². The Labute approximate surface area is 72.4 Å². The van der Waals surface area contributed by atoms with E-state index in [4.69, 9.17) is 4.74 Å². The Balaban J connectivity index is 3.25. The SMILES string of the molecule is C=C(C)C(=O)OCCCCC=O. The van der Waals surface area contributed by atoms with E-state index in [0.29, 0.717) is 18.6 Å². The standard InChI is InChI=1S/C9H14O3/c1-8(2)9(11)12-7-5-3-4-6-10/h6H,1,3-5,7H2,2H3. The zero-order valence-electron chi connectivity index (χ0n) is 7.34. The van der Waals surface area contributed by atoms with Crippen LogP contribution in [0.3, 0.4) is 0 Å². The summed E-state index contributed by atoms with van der Waals surface area (Å²) >= 11 is 0. The molecule has 0 saturated heterocycles. The van der Waals surface area contributed by atoms with Crippen molar-refractivity contribution in [3.05, 3.63) is 12.2 Å². The molecular weight excluding hydrogens is 156 g/mol. The van der Waals surface area contributed by atoms with E-state index < -0.39 is 0 Å². The zero-order valence-corrected chi connectivity index (χ0v) is 7.34. The third-order valence-corrected chi connectivity index (χ3v) is 1.30. The van der Waals surface area contributed by atoms with Gasteiger partial charge in [-0.25, -0.2) is 4.79 Å². The smallest absolute Gasteiger partial charge is 0.333 e. The molecule has 0 fully saturated rings. The van der Waals surface area contributed by atoms with Crippen LogP contribution in [0.1, 0.15) is 26.2 Å². The summed E-state index contributed by atoms with van der Waals surface area (Å²) in [6, 6.07) is 0. The van der Waals surface area contributed by atoms with E-state index in [1.807, 2.05) is 0 Å². The van der Waals surface area contributed by atoms with Gasteiger partial charge in [0.2, 0.25) is 0 Å². The van der Waals surface area contributed by atoms with Crippen molar-refractivity contribution in [2.75, 3.05) is 6.61 Å². The molecule has 0 rings (SSSR count). The summed E-state index contributed by atoms with van der Waals surface area (Å²) in [5, 5.41) is 0. The maximum Gasteiger partial charge on any atom is 0.333 e. The van der Waals surface area contributed by atoms with Gasteiger partial charge in [-0.15, -0.1) is 0 Å². The van der Waals surface area contributed by atoms with Crippen molar-refractivity contribution in [2.45, 2.75) is 26.2 Å². The molecule has 68 valence electrons. The third-order valence-electron chi connectivity index (χ3n) is 1.30. The van der Waals surface area contributed by atoms with E-state index in [-0.39, 0.29) is 5.97 Å². The molecule has 0 aromatic heterocycles. The molecular formula is C9H14O3. The van der Waals surface area contributed by atoms with Gasteiger partial charge in [0, 0.05) is 12.0 Å². The van der Waals surface area contributed by atoms with Crippen molar-refractivity contribution in [2.24, 2.45) is 0 Å². The zero-order chi connectivity index (χ0) is 9.40. The Morgan fingerprint density at radius 1 is 1.50 bits per heavy atom. The number of esters is 1. The minimum Gasteiger partial charge on any atom is -0.462 e. The van der Waals surface area contributed by atoms with Crippen LogP contribution in [0.5, 0.6) is 0 Å². The molecule has 3 heteroatoms. The van der Waals surface area contributed by atoms with Crippen LogP contribution in [0.4, 0.5) is 0 Å². The molecule has 0 saturated carbocycles. The molecule has 3 nitrogen and oxygen atoms in total. The maximum atomic E-state index is 10.8. The van der Waals surface area contributed by atoms with Crippen LogP contribution >= 0.6 is 0 Å². The highest BCUT2D eigenvalue weighted by Gasteiger charge is 2.01. The molecule has 0 heterocycles. The summed E-state index contributed by atoms with van der Waals surface area (Å²) < 4.78 is 4.80. The number of rotatable bonds is 6. The van der Waals surface area contributed by atoms with Gasteiger partial charge in [0.05, 0.1) is 6.61 Å². The second-order valence-corrected chi connectivity index (χ2v) is 2.58. The van der Waals surface area contributed by atoms with Crippen LogP contribution in [0.2, 0.25) is 0 Å². The Morgan fingerprint density at radius 3 is 2.67 bits per heavy atom. The summed E-state index contributed by atoms with van der Waals surface area (Å²) in [5.41, 5.74) is 0.408. The molecule has 0 aromatic carbocycles. The number of ether oxygens (including phenoxy) is 1. The number of unbranched alkanes of at least 4 members (excludes halogenated alkanes) is 2. The first-order chi connectivity index (χ1) is 5.68. The fourth-order valence-electron chi connectivity index (χ4n) is 0.618. The molecule has 0 atom stereocenters. The maximum absolute atomic E-state index is 10.8. The van der Waals surface area contributed by atoms with Gasteiger partial charge >= 0.3 is 5.97 Å². The van der Waals surface area contributed by atoms with Gasteiger partial charge in [0.25, 0.3) is 0 Å². The predicted octanol–water partition coefficient (Wildman–Crippen LogP) is 1.47. The second-order valence-electron chi connectivity index (χ2n) is 2.58. The van der Waals surface area contributed by atoms with E-state index in [0.717, 1.165) is 19.1 Å². The van der Waals surface area contributed by atoms with Gasteiger partial charge in [-0.3, -0.25) is 0 Å². The monoisotopic (exact) mass is 170 g/mol. The van der Waals surface area contributed by atoms with Crippen LogP contribution in [0.25, 0.3) is 0 Å². The number of hydrogen-bond donors (Lipinski definition) is 0. The first kappa shape index (κ1) is 10.9. The fourth-order valence-corrected chi connectivity index (χ4v) is 0.618. The van der Waals surface area contributed by atoms with Crippen molar-refractivity contribution in [1.82, 2.24) is 0 Å². The minimum absolute atomic E-state index is 0.360. The normalized spacial score (nSPS) is 9.08. The average molecular weight is 170 g/mol. The second kappa shape index (κ2) is 6.58. The van der Waals surface area contributed by atoms with Crippen molar-refractivity contribution < 1.29 is 14.3 Å². The summed E-state index contributed by atoms with van der Waals surface area (Å²) in [6.45, 7) is 5.42. The highest BCUT2D eigenvalue weighted by atomic mass is 16.5. The summed E-state index contributed by atoms with van der Waals surface area (Å²) in [6.07, 6.45) is 2.90. The van der Waals surface area contributed by atoms with Gasteiger partial charge in [-0.05, 0) is 19.8 Å². The highest BCUT2D eigenvalue weighted by molar-refractivity contribution is 5.86. The molecule has 0 bridgehead atoms. The van der Waals surface area contributed by atoms with Crippen LogP contribution in [0, 0.1) is 0 Å². The van der Waals surface area contributed by atoms with Crippen LogP contribution < -0.4 is 0 Å². The Kier molecular flexibility index (Phi) is 5.97. The van der Waals surface area contributed by atoms with Crippen molar-refractivity contribution in [1.29, 1.82) is 0 Å². The van der Waals surface area contributed by atoms with Gasteiger partial charge < -0.3 is 9.53 Å². The molecule has 0 amide bonds. The number of carbonyl (C=O) groups excluding carboxylic acids is 2. The largest absolute Gasteiger partial charge is 0.462 e. The predicted molar refractivity (Wildman–Crippen MR) is 45.7 cm³/mol. The highest BCUT2D eigenvalue weighted by Crippen LogP contribution is 1.96. The fraction of sp³-hybridized carbons (Fsp3) is 0.556. The van der Waals surface area contributed by atoms with Crippen molar-refractivity contribution in [3.8, 4) is 0 Å². The Hall–Kier alpha value is -1.12. The minimum atomic E-state index is -0.360. The van der Waals surface area contributed by atoms with Crippen molar-refractivity contribution >= 4 is 12.3 Å². The lowest BCUT2D eigenvalue weighted by molar-refractivity contribution is -0.139. The molecule has 12 heavy (non-hydrogen) atoms. The molecule has 0 aliphatic carbocycles. The topological polar surface area (TPSA) is 43.4 Å². The van der Waals surface area contributed by atoms with Crippen LogP contribution in [-0.2, 0) is 14.3 Å². The lowest BCUT2D eigenvalue weighted by atomic mass is 10.2. The Bertz CT molecular complexity index is 173. The average Bonchev–Trinajstić information content (AvgIpc) is 2.03. The van der Waals surface area contributed by atoms with Gasteiger partial charge in [-0.1, -0.05) is 6.58 Å². The third kappa shape index (κ3) is 5.65. The molecule has 0 spiro atoms. The lowest BCUT2D eigenvalue weighted by Crippen LogP contribution is -2.05. The quantitative estimate of drug-likeness (QED) is 0.262. The van der Waals surface area contributed by atoms with E-state index in [1.165, 1.54) is 0 Å². The summed E-state index contributed by atoms with van der Waals surface area (Å²) in [4.78, 5) is 20.7. The molecule has 0 aromatic rings. The number of aldehydes is 1. The summed E-state index contributed by atoms with van der Waals surface area (Å²) in [5.74, 6) is -0.360. The van der Waals surface area contributed by atoms with Crippen LogP contribution in [-0.4, -0.2) is 18.9 Å². The first-order valence-corrected chi connectivity index (χ1v) is 3.94.